The number of imidazole rings is 1. The van der Waals surface area contributed by atoms with Crippen LogP contribution in [0.1, 0.15) is 25.1 Å². The van der Waals surface area contributed by atoms with Gasteiger partial charge in [0.2, 0.25) is 0 Å². The molecule has 3 N–H and O–H groups in total. The van der Waals surface area contributed by atoms with E-state index in [0.29, 0.717) is 38.9 Å². The van der Waals surface area contributed by atoms with E-state index in [1.54, 1.807) is 6.92 Å². The molecule has 0 aliphatic rings. The number of hydrogen-bond acceptors (Lipinski definition) is 6. The summed E-state index contributed by atoms with van der Waals surface area (Å²) in [5.41, 5.74) is 5.75. The van der Waals surface area contributed by atoms with Crippen LogP contribution in [-0.2, 0) is 12.6 Å². The second-order valence-corrected chi connectivity index (χ2v) is 9.73. The van der Waals surface area contributed by atoms with Gasteiger partial charge in [-0.25, -0.2) is 14.4 Å². The highest BCUT2D eigenvalue weighted by Gasteiger charge is 2.31. The lowest BCUT2D eigenvalue weighted by Gasteiger charge is -2.22. The Morgan fingerprint density at radius 1 is 1.20 bits per heavy atom. The van der Waals surface area contributed by atoms with Gasteiger partial charge < -0.3 is 20.0 Å². The molecule has 6 nitrogen and oxygen atoms in total. The van der Waals surface area contributed by atoms with Crippen molar-refractivity contribution < 1.29 is 27.4 Å². The lowest BCUT2D eigenvalue weighted by Crippen LogP contribution is -2.46. The highest BCUT2D eigenvalue weighted by molar-refractivity contribution is 7.18. The summed E-state index contributed by atoms with van der Waals surface area (Å²) in [5, 5.41) is 9.94. The Morgan fingerprint density at radius 3 is 2.60 bits per heavy atom. The first kappa shape index (κ1) is 25.4. The second-order valence-electron chi connectivity index (χ2n) is 8.32. The number of nitrogens with two attached hydrogens (primary N) is 1. The van der Waals surface area contributed by atoms with Crippen LogP contribution < -0.4 is 10.5 Å². The molecule has 0 aliphatic heterocycles. The molecule has 4 aromatic rings. The van der Waals surface area contributed by atoms with Gasteiger partial charge in [0, 0.05) is 24.0 Å². The van der Waals surface area contributed by atoms with Crippen LogP contribution in [0.2, 0.25) is 5.02 Å². The maximum Gasteiger partial charge on any atom is 0.417 e. The fourth-order valence-corrected chi connectivity index (χ4v) is 4.72. The number of aliphatic hydroxyl groups is 1. The fourth-order valence-electron chi connectivity index (χ4n) is 3.28. The summed E-state index contributed by atoms with van der Waals surface area (Å²) in [4.78, 5) is 9.58. The van der Waals surface area contributed by atoms with Gasteiger partial charge in [-0.2, -0.15) is 13.2 Å². The van der Waals surface area contributed by atoms with E-state index < -0.39 is 23.1 Å². The van der Waals surface area contributed by atoms with Gasteiger partial charge in [-0.3, -0.25) is 0 Å². The first-order chi connectivity index (χ1) is 16.4. The third kappa shape index (κ3) is 5.27. The molecule has 1 atom stereocenters. The average Bonchev–Trinajstić information content (AvgIpc) is 3.42. The average molecular weight is 529 g/mol. The van der Waals surface area contributed by atoms with Gasteiger partial charge in [0.15, 0.2) is 11.6 Å². The first-order valence-electron chi connectivity index (χ1n) is 10.5. The minimum Gasteiger partial charge on any atom is -0.488 e. The van der Waals surface area contributed by atoms with Crippen molar-refractivity contribution >= 4 is 28.6 Å². The van der Waals surface area contributed by atoms with Crippen LogP contribution in [0.5, 0.6) is 5.75 Å². The first-order valence-corrected chi connectivity index (χ1v) is 11.7. The summed E-state index contributed by atoms with van der Waals surface area (Å²) >= 11 is 7.66. The van der Waals surface area contributed by atoms with Crippen LogP contribution in [0.25, 0.3) is 26.8 Å². The van der Waals surface area contributed by atoms with E-state index in [9.17, 15) is 22.7 Å². The molecule has 0 radical (unpaired) electrons. The van der Waals surface area contributed by atoms with Gasteiger partial charge in [0.05, 0.1) is 33.3 Å². The Balaban J connectivity index is 1.70. The molecule has 0 amide bonds. The highest BCUT2D eigenvalue weighted by atomic mass is 35.5. The van der Waals surface area contributed by atoms with Gasteiger partial charge >= 0.3 is 6.18 Å². The van der Waals surface area contributed by atoms with Gasteiger partial charge in [-0.1, -0.05) is 18.5 Å². The number of nitrogens with zero attached hydrogens (tertiary/aromatic N) is 3. The summed E-state index contributed by atoms with van der Waals surface area (Å²) in [6.45, 7) is 2.98. The van der Waals surface area contributed by atoms with E-state index in [-0.39, 0.29) is 24.0 Å². The lowest BCUT2D eigenvalue weighted by atomic mass is 10.1. The van der Waals surface area contributed by atoms with Crippen molar-refractivity contribution in [1.29, 1.82) is 0 Å². The van der Waals surface area contributed by atoms with Crippen molar-refractivity contribution in [3.63, 3.8) is 0 Å². The topological polar surface area (TPSA) is 85.7 Å². The number of halogens is 5. The molecule has 186 valence electrons. The van der Waals surface area contributed by atoms with E-state index >= 15 is 0 Å². The van der Waals surface area contributed by atoms with Gasteiger partial charge in [0.25, 0.3) is 0 Å². The molecule has 0 saturated heterocycles. The number of aromatic nitrogens is 3. The van der Waals surface area contributed by atoms with Gasteiger partial charge in [0.1, 0.15) is 23.0 Å². The molecule has 3 aromatic heterocycles. The molecule has 0 spiro atoms. The molecule has 1 unspecified atom stereocenters. The van der Waals surface area contributed by atoms with Crippen LogP contribution in [0.4, 0.5) is 17.6 Å². The number of rotatable bonds is 7. The molecule has 4 rings (SSSR count). The zero-order chi connectivity index (χ0) is 25.5. The van der Waals surface area contributed by atoms with E-state index in [1.807, 2.05) is 6.92 Å². The quantitative estimate of drug-likeness (QED) is 0.306. The summed E-state index contributed by atoms with van der Waals surface area (Å²) in [6.07, 6.45) is -1.53. The maximum absolute atomic E-state index is 14.8. The normalized spacial score (nSPS) is 13.9. The Bertz CT molecular complexity index is 1380. The van der Waals surface area contributed by atoms with Crippen LogP contribution in [0.3, 0.4) is 0 Å². The number of fused-ring (bicyclic) bond motifs is 1. The van der Waals surface area contributed by atoms with E-state index in [0.717, 1.165) is 12.3 Å². The van der Waals surface area contributed by atoms with E-state index in [2.05, 4.69) is 9.97 Å². The van der Waals surface area contributed by atoms with E-state index in [1.165, 1.54) is 40.1 Å². The number of pyridine rings is 1. The highest BCUT2D eigenvalue weighted by Crippen LogP contribution is 2.41. The largest absolute Gasteiger partial charge is 0.488 e. The Morgan fingerprint density at radius 2 is 1.94 bits per heavy atom. The zero-order valence-electron chi connectivity index (χ0n) is 18.7. The van der Waals surface area contributed by atoms with Crippen molar-refractivity contribution in [2.75, 3.05) is 13.2 Å². The van der Waals surface area contributed by atoms with Crippen molar-refractivity contribution in [2.45, 2.75) is 32.0 Å². The van der Waals surface area contributed by atoms with Crippen molar-refractivity contribution in [2.24, 2.45) is 5.73 Å². The van der Waals surface area contributed by atoms with Crippen LogP contribution >= 0.6 is 22.9 Å². The third-order valence-corrected chi connectivity index (χ3v) is 6.68. The maximum atomic E-state index is 14.8. The summed E-state index contributed by atoms with van der Waals surface area (Å²) in [6, 6.07) is 4.83. The van der Waals surface area contributed by atoms with Crippen LogP contribution in [-0.4, -0.2) is 38.2 Å². The van der Waals surface area contributed by atoms with Gasteiger partial charge in [-0.05, 0) is 31.5 Å². The van der Waals surface area contributed by atoms with Crippen molar-refractivity contribution in [3.05, 3.63) is 58.8 Å². The molecule has 35 heavy (non-hydrogen) atoms. The molecule has 3 heterocycles. The standard InChI is InChI=1S/C23H21ClF4N4O2S/c1-3-16-20(13-6-15(25)18(7-14(13)24)34-11-22(2,29)10-33)35-21(31-16)17-9-32-8-12(23(26,27)28)4-5-19(32)30-17/h4-9,33H,3,10-11,29H2,1-2H3. The van der Waals surface area contributed by atoms with Gasteiger partial charge in [-0.15, -0.1) is 11.3 Å². The Labute approximate surface area is 207 Å². The molecule has 0 aliphatic carbocycles. The zero-order valence-corrected chi connectivity index (χ0v) is 20.2. The predicted molar refractivity (Wildman–Crippen MR) is 126 cm³/mol. The molecular formula is C23H21ClF4N4O2S. The smallest absolute Gasteiger partial charge is 0.417 e. The van der Waals surface area contributed by atoms with Crippen LogP contribution in [0.15, 0.2) is 36.7 Å². The SMILES string of the molecule is CCc1nc(-c2cn3cc(C(F)(F)F)ccc3n2)sc1-c1cc(F)c(OCC(C)(N)CO)cc1Cl. The monoisotopic (exact) mass is 528 g/mol. The molecule has 0 bridgehead atoms. The summed E-state index contributed by atoms with van der Waals surface area (Å²) in [7, 11) is 0. The number of benzene rings is 1. The van der Waals surface area contributed by atoms with E-state index in [4.69, 9.17) is 22.1 Å². The minimum absolute atomic E-state index is 0.104. The van der Waals surface area contributed by atoms with Crippen molar-refractivity contribution in [3.8, 4) is 26.9 Å². The lowest BCUT2D eigenvalue weighted by molar-refractivity contribution is -0.137. The summed E-state index contributed by atoms with van der Waals surface area (Å²) < 4.78 is 60.7. The number of ether oxygens (including phenoxy) is 1. The number of hydrogen-bond donors (Lipinski definition) is 2. The van der Waals surface area contributed by atoms with Crippen LogP contribution in [0, 0.1) is 5.82 Å². The predicted octanol–water partition coefficient (Wildman–Crippen LogP) is 5.59. The number of aliphatic hydroxyl groups excluding tert-OH is 1. The number of thiazole rings is 1. The molecule has 1 aromatic carbocycles. The summed E-state index contributed by atoms with van der Waals surface area (Å²) in [5.74, 6) is -0.768. The molecule has 0 saturated carbocycles. The molecule has 12 heteroatoms. The Kier molecular flexibility index (Phi) is 6.80. The number of aryl methyl sites for hydroxylation is 1. The van der Waals surface area contributed by atoms with Crippen molar-refractivity contribution in [1.82, 2.24) is 14.4 Å². The number of alkyl halides is 3. The molecular weight excluding hydrogens is 508 g/mol. The molecule has 0 fully saturated rings. The third-order valence-electron chi connectivity index (χ3n) is 5.21. The second kappa shape index (κ2) is 9.38. The fraction of sp³-hybridized carbons (Fsp3) is 0.304. The minimum atomic E-state index is -4.47. The Hall–Kier alpha value is -2.73.